The second-order valence-corrected chi connectivity index (χ2v) is 7.50. The molecule has 150 valence electrons. The number of nitrogens with two attached hydrogens (primary N) is 1. The molecule has 2 aromatic rings. The average Bonchev–Trinajstić information content (AvgIpc) is 2.78. The first-order valence-electron chi connectivity index (χ1n) is 10.1. The number of amides is 1. The normalized spacial score (nSPS) is 15.0. The van der Waals surface area contributed by atoms with Crippen LogP contribution in [0.3, 0.4) is 0 Å². The van der Waals surface area contributed by atoms with Gasteiger partial charge in [-0.15, -0.1) is 0 Å². The molecule has 0 bridgehead atoms. The zero-order valence-electron chi connectivity index (χ0n) is 16.7. The Bertz CT molecular complexity index is 877. The van der Waals surface area contributed by atoms with Crippen molar-refractivity contribution < 1.29 is 4.79 Å². The first-order chi connectivity index (χ1) is 14.2. The second-order valence-electron chi connectivity index (χ2n) is 7.50. The van der Waals surface area contributed by atoms with Crippen LogP contribution >= 0.6 is 0 Å². The molecule has 3 N–H and O–H groups in total. The number of benzene rings is 2. The molecule has 5 heteroatoms. The highest BCUT2D eigenvalue weighted by atomic mass is 16.2. The monoisotopic (exact) mass is 388 g/mol. The zero-order valence-corrected chi connectivity index (χ0v) is 16.7. The summed E-state index contributed by atoms with van der Waals surface area (Å²) < 4.78 is 0. The third-order valence-corrected chi connectivity index (χ3v) is 5.40. The summed E-state index contributed by atoms with van der Waals surface area (Å²) in [4.78, 5) is 14.5. The van der Waals surface area contributed by atoms with Gasteiger partial charge in [0.05, 0.1) is 0 Å². The molecule has 0 atom stereocenters. The number of piperidine rings is 1. The zero-order chi connectivity index (χ0) is 20.5. The molecule has 0 aromatic heterocycles. The van der Waals surface area contributed by atoms with Crippen molar-refractivity contribution in [3.8, 4) is 6.07 Å². The van der Waals surface area contributed by atoms with Gasteiger partial charge in [0.25, 0.3) is 5.91 Å². The van der Waals surface area contributed by atoms with Crippen LogP contribution in [-0.2, 0) is 24.3 Å². The Morgan fingerprint density at radius 1 is 1.10 bits per heavy atom. The van der Waals surface area contributed by atoms with E-state index < -0.39 is 0 Å². The number of carbonyl (C=O) groups excluding carboxylic acids is 1. The van der Waals surface area contributed by atoms with E-state index in [1.807, 2.05) is 36.4 Å². The summed E-state index contributed by atoms with van der Waals surface area (Å²) >= 11 is 0. The van der Waals surface area contributed by atoms with Gasteiger partial charge in [-0.1, -0.05) is 54.6 Å². The smallest absolute Gasteiger partial charge is 0.265 e. The predicted octanol–water partition coefficient (Wildman–Crippen LogP) is 3.12. The lowest BCUT2D eigenvalue weighted by molar-refractivity contribution is -0.128. The molecule has 0 unspecified atom stereocenters. The molecule has 5 nitrogen and oxygen atoms in total. The molecule has 0 aliphatic carbocycles. The van der Waals surface area contributed by atoms with Gasteiger partial charge in [0.1, 0.15) is 11.6 Å². The van der Waals surface area contributed by atoms with Crippen molar-refractivity contribution in [1.82, 2.24) is 10.2 Å². The standard InChI is InChI=1S/C24H28N4O/c25-15-21-7-4-8-22(14-21)17-27-18-23(16-26)24(29)28-11-9-20(10-12-28)13-19-5-2-1-3-6-19/h1-8,14,18,20,27H,9-13,15,17,25H2/b23-18-. The number of likely N-dealkylation sites (tertiary alicyclic amines) is 1. The van der Waals surface area contributed by atoms with E-state index in [0.717, 1.165) is 30.4 Å². The van der Waals surface area contributed by atoms with Gasteiger partial charge < -0.3 is 16.0 Å². The Morgan fingerprint density at radius 3 is 2.48 bits per heavy atom. The lowest BCUT2D eigenvalue weighted by atomic mass is 9.90. The molecule has 1 amide bonds. The van der Waals surface area contributed by atoms with Crippen LogP contribution in [0.15, 0.2) is 66.4 Å². The topological polar surface area (TPSA) is 82.1 Å². The number of hydrogen-bond acceptors (Lipinski definition) is 4. The number of hydrogen-bond donors (Lipinski definition) is 2. The van der Waals surface area contributed by atoms with Gasteiger partial charge in [0.15, 0.2) is 0 Å². The quantitative estimate of drug-likeness (QED) is 0.564. The maximum atomic E-state index is 12.7. The minimum absolute atomic E-state index is 0.154. The minimum atomic E-state index is -0.186. The Hall–Kier alpha value is -3.10. The molecular weight excluding hydrogens is 360 g/mol. The van der Waals surface area contributed by atoms with Crippen molar-refractivity contribution in [2.24, 2.45) is 11.7 Å². The highest BCUT2D eigenvalue weighted by molar-refractivity contribution is 5.97. The van der Waals surface area contributed by atoms with Gasteiger partial charge in [-0.05, 0) is 41.9 Å². The summed E-state index contributed by atoms with van der Waals surface area (Å²) in [5, 5.41) is 12.5. The number of rotatable bonds is 7. The first kappa shape index (κ1) is 20.6. The predicted molar refractivity (Wildman–Crippen MR) is 114 cm³/mol. The van der Waals surface area contributed by atoms with Crippen molar-refractivity contribution in [2.45, 2.75) is 32.4 Å². The molecule has 0 saturated carbocycles. The molecule has 1 fully saturated rings. The molecular formula is C24H28N4O. The van der Waals surface area contributed by atoms with Crippen molar-refractivity contribution in [2.75, 3.05) is 13.1 Å². The van der Waals surface area contributed by atoms with Crippen molar-refractivity contribution in [3.05, 3.63) is 83.1 Å². The van der Waals surface area contributed by atoms with Gasteiger partial charge in [-0.25, -0.2) is 0 Å². The van der Waals surface area contributed by atoms with E-state index in [1.165, 1.54) is 11.8 Å². The molecule has 1 aliphatic heterocycles. The van der Waals surface area contributed by atoms with E-state index in [-0.39, 0.29) is 11.5 Å². The summed E-state index contributed by atoms with van der Waals surface area (Å²) in [6.45, 7) is 2.44. The summed E-state index contributed by atoms with van der Waals surface area (Å²) in [5.41, 5.74) is 9.29. The van der Waals surface area contributed by atoms with Crippen molar-refractivity contribution >= 4 is 5.91 Å². The van der Waals surface area contributed by atoms with E-state index in [0.29, 0.717) is 32.1 Å². The summed E-state index contributed by atoms with van der Waals surface area (Å²) in [6.07, 6.45) is 4.53. The minimum Gasteiger partial charge on any atom is -0.386 e. The van der Waals surface area contributed by atoms with Crippen LogP contribution in [0, 0.1) is 17.2 Å². The molecule has 1 aliphatic rings. The van der Waals surface area contributed by atoms with Gasteiger partial charge in [-0.2, -0.15) is 5.26 Å². The molecule has 0 spiro atoms. The summed E-state index contributed by atoms with van der Waals surface area (Å²) in [6, 6.07) is 20.5. The van der Waals surface area contributed by atoms with E-state index in [2.05, 4.69) is 29.6 Å². The number of nitriles is 1. The summed E-state index contributed by atoms with van der Waals surface area (Å²) in [5.74, 6) is 0.401. The number of nitrogens with one attached hydrogen (secondary N) is 1. The summed E-state index contributed by atoms with van der Waals surface area (Å²) in [7, 11) is 0. The van der Waals surface area contributed by atoms with Crippen LogP contribution in [0.25, 0.3) is 0 Å². The van der Waals surface area contributed by atoms with Crippen molar-refractivity contribution in [3.63, 3.8) is 0 Å². The van der Waals surface area contributed by atoms with Crippen LogP contribution < -0.4 is 11.1 Å². The van der Waals surface area contributed by atoms with Gasteiger partial charge >= 0.3 is 0 Å². The van der Waals surface area contributed by atoms with E-state index in [1.54, 1.807) is 4.90 Å². The largest absolute Gasteiger partial charge is 0.386 e. The maximum absolute atomic E-state index is 12.7. The highest BCUT2D eigenvalue weighted by Gasteiger charge is 2.25. The van der Waals surface area contributed by atoms with Crippen LogP contribution in [0.2, 0.25) is 0 Å². The number of carbonyl (C=O) groups is 1. The van der Waals surface area contributed by atoms with Gasteiger partial charge in [0.2, 0.25) is 0 Å². The number of nitrogens with zero attached hydrogens (tertiary/aromatic N) is 2. The fourth-order valence-corrected chi connectivity index (χ4v) is 3.74. The van der Waals surface area contributed by atoms with Crippen LogP contribution in [-0.4, -0.2) is 23.9 Å². The molecule has 3 rings (SSSR count). The van der Waals surface area contributed by atoms with Crippen LogP contribution in [0.5, 0.6) is 0 Å². The lowest BCUT2D eigenvalue weighted by Crippen LogP contribution is -2.39. The molecule has 2 aromatic carbocycles. The molecule has 29 heavy (non-hydrogen) atoms. The maximum Gasteiger partial charge on any atom is 0.265 e. The van der Waals surface area contributed by atoms with Gasteiger partial charge in [0, 0.05) is 32.4 Å². The first-order valence-corrected chi connectivity index (χ1v) is 10.1. The Labute approximate surface area is 172 Å². The highest BCUT2D eigenvalue weighted by Crippen LogP contribution is 2.22. The fraction of sp³-hybridized carbons (Fsp3) is 0.333. The third-order valence-electron chi connectivity index (χ3n) is 5.40. The second kappa shape index (κ2) is 10.4. The average molecular weight is 389 g/mol. The molecule has 1 heterocycles. The molecule has 0 radical (unpaired) electrons. The van der Waals surface area contributed by atoms with Gasteiger partial charge in [-0.3, -0.25) is 4.79 Å². The third kappa shape index (κ3) is 5.94. The lowest BCUT2D eigenvalue weighted by Gasteiger charge is -2.32. The van der Waals surface area contributed by atoms with E-state index in [4.69, 9.17) is 5.73 Å². The Morgan fingerprint density at radius 2 is 1.79 bits per heavy atom. The molecule has 1 saturated heterocycles. The van der Waals surface area contributed by atoms with E-state index in [9.17, 15) is 10.1 Å². The van der Waals surface area contributed by atoms with Crippen LogP contribution in [0.4, 0.5) is 0 Å². The van der Waals surface area contributed by atoms with Crippen molar-refractivity contribution in [1.29, 1.82) is 5.26 Å². The van der Waals surface area contributed by atoms with E-state index >= 15 is 0 Å². The SMILES string of the molecule is N#C/C(=C/NCc1cccc(CN)c1)C(=O)N1CCC(Cc2ccccc2)CC1. The Balaban J connectivity index is 1.50. The fourth-order valence-electron chi connectivity index (χ4n) is 3.74. The van der Waals surface area contributed by atoms with Crippen LogP contribution in [0.1, 0.15) is 29.5 Å². The Kier molecular flexibility index (Phi) is 7.43.